The van der Waals surface area contributed by atoms with Crippen molar-refractivity contribution in [2.75, 3.05) is 0 Å². The Morgan fingerprint density at radius 2 is 1.50 bits per heavy atom. The molecule has 26 heavy (non-hydrogen) atoms. The first-order valence-electron chi connectivity index (χ1n) is 7.34. The Morgan fingerprint density at radius 3 is 2.12 bits per heavy atom. The van der Waals surface area contributed by atoms with Crippen LogP contribution in [0.25, 0.3) is 22.0 Å². The second-order valence-electron chi connectivity index (χ2n) is 5.57. The second kappa shape index (κ2) is 6.46. The highest BCUT2D eigenvalue weighted by molar-refractivity contribution is 6.30. The first-order chi connectivity index (χ1) is 12.2. The van der Waals surface area contributed by atoms with E-state index in [1.807, 2.05) is 0 Å². The molecule has 2 aromatic carbocycles. The number of rotatable bonds is 4. The van der Waals surface area contributed by atoms with Gasteiger partial charge in [-0.05, 0) is 17.5 Å². The van der Waals surface area contributed by atoms with Crippen LogP contribution in [0, 0.1) is 0 Å². The summed E-state index contributed by atoms with van der Waals surface area (Å²) >= 11 is 5.75. The highest BCUT2D eigenvalue weighted by Crippen LogP contribution is 2.50. The molecule has 0 aliphatic rings. The van der Waals surface area contributed by atoms with Crippen molar-refractivity contribution in [1.29, 1.82) is 0 Å². The lowest BCUT2D eigenvalue weighted by Crippen LogP contribution is -2.44. The molecule has 3 aromatic rings. The topological polar surface area (TPSA) is 12.9 Å². The van der Waals surface area contributed by atoms with Crippen LogP contribution in [0.2, 0.25) is 5.02 Å². The van der Waals surface area contributed by atoms with Crippen molar-refractivity contribution in [3.05, 3.63) is 65.3 Å². The molecule has 0 radical (unpaired) electrons. The number of fused-ring (bicyclic) bond motifs is 1. The molecular weight excluding hydrogens is 380 g/mol. The minimum Gasteiger partial charge on any atom is -0.255 e. The number of nitrogens with zero attached hydrogens (tertiary/aromatic N) is 1. The molecule has 0 aliphatic carbocycles. The SMILES string of the molecule is FC(F)C(F)(F)C(F)(F)c1c(-c2ccc(Cl)cc2)ncc2ccccc12. The third-order valence-corrected chi connectivity index (χ3v) is 4.18. The monoisotopic (exact) mass is 389 g/mol. The first-order valence-corrected chi connectivity index (χ1v) is 7.72. The van der Waals surface area contributed by atoms with Crippen LogP contribution in [0.1, 0.15) is 5.56 Å². The van der Waals surface area contributed by atoms with Crippen molar-refractivity contribution in [1.82, 2.24) is 4.98 Å². The molecule has 136 valence electrons. The van der Waals surface area contributed by atoms with Gasteiger partial charge in [0.05, 0.1) is 11.3 Å². The van der Waals surface area contributed by atoms with Gasteiger partial charge in [-0.15, -0.1) is 0 Å². The number of aromatic nitrogens is 1. The summed E-state index contributed by atoms with van der Waals surface area (Å²) in [4.78, 5) is 3.84. The van der Waals surface area contributed by atoms with Crippen molar-refractivity contribution < 1.29 is 26.3 Å². The molecule has 0 N–H and O–H groups in total. The van der Waals surface area contributed by atoms with Gasteiger partial charge in [0.25, 0.3) is 0 Å². The zero-order chi connectivity index (χ0) is 19.1. The van der Waals surface area contributed by atoms with Crippen molar-refractivity contribution in [2.24, 2.45) is 0 Å². The number of pyridine rings is 1. The fourth-order valence-corrected chi connectivity index (χ4v) is 2.74. The van der Waals surface area contributed by atoms with E-state index in [0.717, 1.165) is 0 Å². The molecule has 8 heteroatoms. The summed E-state index contributed by atoms with van der Waals surface area (Å²) in [6, 6.07) is 10.7. The molecule has 0 amide bonds. The number of benzene rings is 2. The van der Waals surface area contributed by atoms with Gasteiger partial charge < -0.3 is 0 Å². The molecule has 0 aliphatic heterocycles. The molecular formula is C18H10ClF6N. The van der Waals surface area contributed by atoms with Gasteiger partial charge in [0, 0.05) is 22.2 Å². The van der Waals surface area contributed by atoms with Gasteiger partial charge in [0.15, 0.2) is 0 Å². The Bertz CT molecular complexity index is 940. The van der Waals surface area contributed by atoms with E-state index >= 15 is 0 Å². The number of halogens is 7. The third kappa shape index (κ3) is 2.90. The third-order valence-electron chi connectivity index (χ3n) is 3.92. The zero-order valence-corrected chi connectivity index (χ0v) is 13.6. The maximum atomic E-state index is 14.6. The predicted octanol–water partition coefficient (Wildman–Crippen LogP) is 6.55. The smallest absolute Gasteiger partial charge is 0.255 e. The van der Waals surface area contributed by atoms with E-state index in [4.69, 9.17) is 11.6 Å². The summed E-state index contributed by atoms with van der Waals surface area (Å²) < 4.78 is 82.2. The molecule has 0 bridgehead atoms. The molecule has 1 aromatic heterocycles. The summed E-state index contributed by atoms with van der Waals surface area (Å²) in [5, 5.41) is 0.142. The Labute approximate surface area is 149 Å². The van der Waals surface area contributed by atoms with E-state index < -0.39 is 29.5 Å². The molecule has 0 saturated carbocycles. The van der Waals surface area contributed by atoms with Gasteiger partial charge in [-0.25, -0.2) is 8.78 Å². The summed E-state index contributed by atoms with van der Waals surface area (Å²) in [6.07, 6.45) is -3.33. The van der Waals surface area contributed by atoms with E-state index in [0.29, 0.717) is 5.02 Å². The van der Waals surface area contributed by atoms with Crippen LogP contribution in [0.5, 0.6) is 0 Å². The highest BCUT2D eigenvalue weighted by atomic mass is 35.5. The minimum atomic E-state index is -5.57. The minimum absolute atomic E-state index is 0.0555. The van der Waals surface area contributed by atoms with Crippen molar-refractivity contribution in [3.63, 3.8) is 0 Å². The highest BCUT2D eigenvalue weighted by Gasteiger charge is 2.65. The Morgan fingerprint density at radius 1 is 0.885 bits per heavy atom. The lowest BCUT2D eigenvalue weighted by Gasteiger charge is -2.28. The van der Waals surface area contributed by atoms with Crippen LogP contribution in [0.3, 0.4) is 0 Å². The molecule has 1 nitrogen and oxygen atoms in total. The maximum absolute atomic E-state index is 14.6. The quantitative estimate of drug-likeness (QED) is 0.461. The van der Waals surface area contributed by atoms with E-state index in [1.165, 1.54) is 54.7 Å². The Balaban J connectivity index is 2.37. The molecule has 1 heterocycles. The lowest BCUT2D eigenvalue weighted by atomic mass is 9.92. The molecule has 0 saturated heterocycles. The zero-order valence-electron chi connectivity index (χ0n) is 12.9. The molecule has 0 spiro atoms. The molecule has 0 fully saturated rings. The maximum Gasteiger partial charge on any atom is 0.373 e. The van der Waals surface area contributed by atoms with E-state index in [9.17, 15) is 26.3 Å². The van der Waals surface area contributed by atoms with Crippen molar-refractivity contribution in [3.8, 4) is 11.3 Å². The summed E-state index contributed by atoms with van der Waals surface area (Å²) in [6.45, 7) is 0. The van der Waals surface area contributed by atoms with E-state index in [2.05, 4.69) is 4.98 Å². The summed E-state index contributed by atoms with van der Waals surface area (Å²) in [7, 11) is 0. The summed E-state index contributed by atoms with van der Waals surface area (Å²) in [5.41, 5.74) is -1.70. The van der Waals surface area contributed by atoms with Gasteiger partial charge in [-0.1, -0.05) is 48.0 Å². The van der Waals surface area contributed by atoms with Crippen LogP contribution in [0.4, 0.5) is 26.3 Å². The average Bonchev–Trinajstić information content (AvgIpc) is 2.61. The van der Waals surface area contributed by atoms with Gasteiger partial charge >= 0.3 is 18.3 Å². The molecule has 3 rings (SSSR count). The predicted molar refractivity (Wildman–Crippen MR) is 87.0 cm³/mol. The van der Waals surface area contributed by atoms with Crippen molar-refractivity contribution in [2.45, 2.75) is 18.3 Å². The second-order valence-corrected chi connectivity index (χ2v) is 6.01. The fraction of sp³-hybridized carbons (Fsp3) is 0.167. The Kier molecular flexibility index (Phi) is 4.60. The van der Waals surface area contributed by atoms with Crippen LogP contribution in [-0.2, 0) is 5.92 Å². The molecule has 0 unspecified atom stereocenters. The van der Waals surface area contributed by atoms with Gasteiger partial charge in [-0.3, -0.25) is 4.98 Å². The lowest BCUT2D eigenvalue weighted by molar-refractivity contribution is -0.269. The largest absolute Gasteiger partial charge is 0.373 e. The Hall–Kier alpha value is -2.28. The van der Waals surface area contributed by atoms with Crippen LogP contribution in [0.15, 0.2) is 54.7 Å². The molecule has 0 atom stereocenters. The fourth-order valence-electron chi connectivity index (χ4n) is 2.61. The summed E-state index contributed by atoms with van der Waals surface area (Å²) in [5.74, 6) is -10.7. The van der Waals surface area contributed by atoms with E-state index in [1.54, 1.807) is 0 Å². The standard InChI is InChI=1S/C18H10ClF6N/c19-12-7-5-10(6-8-12)15-14(17(22,23)18(24,25)16(20)21)13-4-2-1-3-11(13)9-26-15/h1-9,16H. The van der Waals surface area contributed by atoms with Gasteiger partial charge in [-0.2, -0.15) is 17.6 Å². The van der Waals surface area contributed by atoms with E-state index in [-0.39, 0.29) is 16.3 Å². The normalized spacial score (nSPS) is 12.8. The van der Waals surface area contributed by atoms with Crippen LogP contribution >= 0.6 is 11.6 Å². The van der Waals surface area contributed by atoms with Gasteiger partial charge in [0.1, 0.15) is 0 Å². The first kappa shape index (κ1) is 18.5. The van der Waals surface area contributed by atoms with Crippen LogP contribution in [-0.4, -0.2) is 17.3 Å². The number of hydrogen-bond donors (Lipinski definition) is 0. The van der Waals surface area contributed by atoms with Gasteiger partial charge in [0.2, 0.25) is 0 Å². The van der Waals surface area contributed by atoms with Crippen molar-refractivity contribution >= 4 is 22.4 Å². The number of hydrogen-bond acceptors (Lipinski definition) is 1. The number of alkyl halides is 6. The van der Waals surface area contributed by atoms with Crippen LogP contribution < -0.4 is 0 Å². The average molecular weight is 390 g/mol.